The van der Waals surface area contributed by atoms with E-state index in [2.05, 4.69) is 17.6 Å². The van der Waals surface area contributed by atoms with Crippen LogP contribution < -0.4 is 21.1 Å². The van der Waals surface area contributed by atoms with Gasteiger partial charge in [0.1, 0.15) is 5.75 Å². The third kappa shape index (κ3) is 6.08. The molecule has 0 spiro atoms. The lowest BCUT2D eigenvalue weighted by Gasteiger charge is -2.30. The molecule has 1 aliphatic rings. The second-order valence-electron chi connectivity index (χ2n) is 5.63. The molecule has 0 aliphatic carbocycles. The number of carbonyl (C=O) groups excluding carboxylic acids is 2. The molecule has 1 saturated heterocycles. The van der Waals surface area contributed by atoms with Crippen molar-refractivity contribution in [3.63, 3.8) is 0 Å². The number of ether oxygens (including phenoxy) is 1. The van der Waals surface area contributed by atoms with E-state index in [4.69, 9.17) is 10.5 Å². The molecule has 7 heteroatoms. The third-order valence-corrected chi connectivity index (χ3v) is 3.91. The van der Waals surface area contributed by atoms with Gasteiger partial charge in [0.25, 0.3) is 0 Å². The molecule has 2 amide bonds. The molecule has 0 aromatic heterocycles. The number of amides is 2. The molecule has 1 aromatic rings. The highest BCUT2D eigenvalue weighted by molar-refractivity contribution is 5.92. The highest BCUT2D eigenvalue weighted by Crippen LogP contribution is 2.13. The van der Waals surface area contributed by atoms with Gasteiger partial charge in [0.05, 0.1) is 13.0 Å². The summed E-state index contributed by atoms with van der Waals surface area (Å²) in [5.74, 6) is 0.633. The molecule has 0 saturated carbocycles. The zero-order valence-electron chi connectivity index (χ0n) is 13.2. The van der Waals surface area contributed by atoms with Crippen LogP contribution in [-0.2, 0) is 4.79 Å². The van der Waals surface area contributed by atoms with Gasteiger partial charge < -0.3 is 21.1 Å². The summed E-state index contributed by atoms with van der Waals surface area (Å²) in [5.41, 5.74) is 5.60. The van der Waals surface area contributed by atoms with Crippen LogP contribution in [0.15, 0.2) is 24.3 Å². The molecule has 1 aromatic carbocycles. The minimum absolute atomic E-state index is 0. The molecular formula is C16H24ClN3O3. The van der Waals surface area contributed by atoms with E-state index in [0.717, 1.165) is 19.5 Å². The van der Waals surface area contributed by atoms with Crippen LogP contribution in [0.5, 0.6) is 5.75 Å². The zero-order chi connectivity index (χ0) is 15.9. The number of primary amides is 1. The van der Waals surface area contributed by atoms with Crippen LogP contribution in [0.2, 0.25) is 0 Å². The van der Waals surface area contributed by atoms with E-state index in [9.17, 15) is 9.59 Å². The van der Waals surface area contributed by atoms with Gasteiger partial charge in [0, 0.05) is 18.2 Å². The maximum Gasteiger partial charge on any atom is 0.248 e. The molecule has 6 nitrogen and oxygen atoms in total. The number of nitrogens with one attached hydrogen (secondary N) is 2. The number of hydrogen-bond acceptors (Lipinski definition) is 4. The Morgan fingerprint density at radius 1 is 1.35 bits per heavy atom. The molecule has 4 N–H and O–H groups in total. The van der Waals surface area contributed by atoms with Gasteiger partial charge in [0.2, 0.25) is 11.8 Å². The average molecular weight is 342 g/mol. The first kappa shape index (κ1) is 19.3. The Bertz CT molecular complexity index is 522. The number of hydrogen-bond donors (Lipinski definition) is 3. The normalized spacial score (nSPS) is 20.2. The summed E-state index contributed by atoms with van der Waals surface area (Å²) in [6.07, 6.45) is 1.38. The fourth-order valence-corrected chi connectivity index (χ4v) is 2.44. The average Bonchev–Trinajstić information content (AvgIpc) is 2.50. The van der Waals surface area contributed by atoms with E-state index < -0.39 is 5.91 Å². The number of piperidine rings is 1. The van der Waals surface area contributed by atoms with E-state index in [0.29, 0.717) is 30.3 Å². The molecule has 128 valence electrons. The Morgan fingerprint density at radius 2 is 2.04 bits per heavy atom. The van der Waals surface area contributed by atoms with Gasteiger partial charge in [0.15, 0.2) is 0 Å². The predicted molar refractivity (Wildman–Crippen MR) is 90.9 cm³/mol. The Morgan fingerprint density at radius 3 is 2.65 bits per heavy atom. The molecule has 23 heavy (non-hydrogen) atoms. The van der Waals surface area contributed by atoms with Crippen LogP contribution in [-0.4, -0.2) is 37.6 Å². The van der Waals surface area contributed by atoms with Gasteiger partial charge in [-0.25, -0.2) is 0 Å². The van der Waals surface area contributed by atoms with Crippen molar-refractivity contribution in [3.8, 4) is 5.75 Å². The summed E-state index contributed by atoms with van der Waals surface area (Å²) < 4.78 is 5.50. The molecule has 0 radical (unpaired) electrons. The summed E-state index contributed by atoms with van der Waals surface area (Å²) in [4.78, 5) is 22.9. The van der Waals surface area contributed by atoms with Crippen LogP contribution >= 0.6 is 12.4 Å². The largest absolute Gasteiger partial charge is 0.493 e. The molecule has 2 unspecified atom stereocenters. The van der Waals surface area contributed by atoms with Crippen molar-refractivity contribution in [2.24, 2.45) is 11.7 Å². The third-order valence-electron chi connectivity index (χ3n) is 3.91. The number of nitrogens with two attached hydrogens (primary N) is 1. The van der Waals surface area contributed by atoms with Crippen LogP contribution in [0.1, 0.15) is 30.1 Å². The smallest absolute Gasteiger partial charge is 0.248 e. The van der Waals surface area contributed by atoms with Gasteiger partial charge in [-0.05, 0) is 43.1 Å². The van der Waals surface area contributed by atoms with Crippen molar-refractivity contribution < 1.29 is 14.3 Å². The maximum absolute atomic E-state index is 11.9. The number of benzene rings is 1. The first-order valence-electron chi connectivity index (χ1n) is 7.59. The van der Waals surface area contributed by atoms with Crippen molar-refractivity contribution in [2.45, 2.75) is 25.8 Å². The van der Waals surface area contributed by atoms with Gasteiger partial charge in [-0.1, -0.05) is 6.92 Å². The first-order valence-corrected chi connectivity index (χ1v) is 7.59. The van der Waals surface area contributed by atoms with Crippen molar-refractivity contribution >= 4 is 24.2 Å². The van der Waals surface area contributed by atoms with E-state index in [-0.39, 0.29) is 24.4 Å². The standard InChI is InChI=1S/C16H23N3O3.ClH/c1-11-6-8-18-10-14(11)19-15(20)7-9-22-13-4-2-12(3-5-13)16(17)21;/h2-5,11,14,18H,6-10H2,1H3,(H2,17,21)(H,19,20);1H. The number of rotatable bonds is 6. The summed E-state index contributed by atoms with van der Waals surface area (Å²) in [7, 11) is 0. The highest BCUT2D eigenvalue weighted by Gasteiger charge is 2.22. The van der Waals surface area contributed by atoms with E-state index in [1.165, 1.54) is 0 Å². The molecule has 0 bridgehead atoms. The van der Waals surface area contributed by atoms with Crippen molar-refractivity contribution in [3.05, 3.63) is 29.8 Å². The molecule has 1 heterocycles. The van der Waals surface area contributed by atoms with E-state index in [1.54, 1.807) is 24.3 Å². The van der Waals surface area contributed by atoms with Crippen LogP contribution in [0.3, 0.4) is 0 Å². The van der Waals surface area contributed by atoms with Crippen molar-refractivity contribution in [1.82, 2.24) is 10.6 Å². The molecular weight excluding hydrogens is 318 g/mol. The summed E-state index contributed by atoms with van der Waals surface area (Å²) >= 11 is 0. The predicted octanol–water partition coefficient (Wildman–Crippen LogP) is 1.09. The van der Waals surface area contributed by atoms with Crippen molar-refractivity contribution in [2.75, 3.05) is 19.7 Å². The molecule has 2 atom stereocenters. The van der Waals surface area contributed by atoms with Gasteiger partial charge in [-0.2, -0.15) is 0 Å². The van der Waals surface area contributed by atoms with E-state index in [1.807, 2.05) is 0 Å². The summed E-state index contributed by atoms with van der Waals surface area (Å²) in [6, 6.07) is 6.74. The fourth-order valence-electron chi connectivity index (χ4n) is 2.44. The highest BCUT2D eigenvalue weighted by atomic mass is 35.5. The van der Waals surface area contributed by atoms with Crippen LogP contribution in [0, 0.1) is 5.92 Å². The van der Waals surface area contributed by atoms with E-state index >= 15 is 0 Å². The second kappa shape index (κ2) is 9.37. The van der Waals surface area contributed by atoms with Crippen LogP contribution in [0.4, 0.5) is 0 Å². The SMILES string of the molecule is CC1CCNCC1NC(=O)CCOc1ccc(C(N)=O)cc1.Cl. The van der Waals surface area contributed by atoms with Crippen molar-refractivity contribution in [1.29, 1.82) is 0 Å². The quantitative estimate of drug-likeness (QED) is 0.722. The lowest BCUT2D eigenvalue weighted by molar-refractivity contribution is -0.122. The topological polar surface area (TPSA) is 93.4 Å². The Balaban J connectivity index is 0.00000264. The molecule has 1 aliphatic heterocycles. The van der Waals surface area contributed by atoms with Gasteiger partial charge >= 0.3 is 0 Å². The lowest BCUT2D eigenvalue weighted by atomic mass is 9.95. The number of halogens is 1. The van der Waals surface area contributed by atoms with Crippen LogP contribution in [0.25, 0.3) is 0 Å². The minimum atomic E-state index is -0.471. The monoisotopic (exact) mass is 341 g/mol. The Hall–Kier alpha value is -1.79. The summed E-state index contributed by atoms with van der Waals surface area (Å²) in [6.45, 7) is 4.29. The summed E-state index contributed by atoms with van der Waals surface area (Å²) in [5, 5.41) is 6.32. The lowest BCUT2D eigenvalue weighted by Crippen LogP contribution is -2.50. The zero-order valence-corrected chi connectivity index (χ0v) is 14.0. The van der Waals surface area contributed by atoms with Gasteiger partial charge in [-0.15, -0.1) is 12.4 Å². The Kier molecular flexibility index (Phi) is 7.85. The maximum atomic E-state index is 11.9. The number of carbonyl (C=O) groups is 2. The fraction of sp³-hybridized carbons (Fsp3) is 0.500. The van der Waals surface area contributed by atoms with Gasteiger partial charge in [-0.3, -0.25) is 9.59 Å². The first-order chi connectivity index (χ1) is 10.6. The Labute approximate surface area is 142 Å². The molecule has 2 rings (SSSR count). The second-order valence-corrected chi connectivity index (χ2v) is 5.63. The molecule has 1 fully saturated rings. The minimum Gasteiger partial charge on any atom is -0.493 e.